The van der Waals surface area contributed by atoms with Crippen LogP contribution in [0.4, 0.5) is 0 Å². The molecular formula is C18H23N3. The van der Waals surface area contributed by atoms with Gasteiger partial charge in [-0.3, -0.25) is 0 Å². The molecule has 3 nitrogen and oxygen atoms in total. The molecule has 1 unspecified atom stereocenters. The first-order valence-corrected chi connectivity index (χ1v) is 7.76. The predicted octanol–water partition coefficient (Wildman–Crippen LogP) is 3.09. The van der Waals surface area contributed by atoms with E-state index in [2.05, 4.69) is 39.8 Å². The van der Waals surface area contributed by atoms with E-state index in [1.807, 2.05) is 20.9 Å². The zero-order valence-electron chi connectivity index (χ0n) is 13.1. The molecule has 0 bridgehead atoms. The Morgan fingerprint density at radius 1 is 1.10 bits per heavy atom. The smallest absolute Gasteiger partial charge is 0.0648 e. The summed E-state index contributed by atoms with van der Waals surface area (Å²) in [5.74, 6) is 0. The predicted molar refractivity (Wildman–Crippen MR) is 85.5 cm³/mol. The van der Waals surface area contributed by atoms with Gasteiger partial charge in [0, 0.05) is 6.04 Å². The van der Waals surface area contributed by atoms with E-state index in [4.69, 9.17) is 0 Å². The third kappa shape index (κ3) is 2.98. The molecule has 3 heteroatoms. The minimum Gasteiger partial charge on any atom is -0.313 e. The number of nitrogens with one attached hydrogen (secondary N) is 1. The Hall–Kier alpha value is -1.74. The van der Waals surface area contributed by atoms with Crippen molar-refractivity contribution >= 4 is 0 Å². The Bertz CT molecular complexity index is 649. The normalized spacial score (nSPS) is 15.0. The number of benzene rings is 1. The lowest BCUT2D eigenvalue weighted by Gasteiger charge is -2.19. The standard InChI is InChI=1S/C18H23N3/c1-12-9-17(13(2)21-20-12)18(19-3)11-14-7-8-15-5-4-6-16(15)10-14/h7-10,18-19H,4-6,11H2,1-3H3. The minimum atomic E-state index is 0.290. The van der Waals surface area contributed by atoms with Gasteiger partial charge in [0.2, 0.25) is 0 Å². The fraction of sp³-hybridized carbons (Fsp3) is 0.444. The third-order valence-corrected chi connectivity index (χ3v) is 4.47. The largest absolute Gasteiger partial charge is 0.313 e. The fourth-order valence-electron chi connectivity index (χ4n) is 3.28. The van der Waals surface area contributed by atoms with Gasteiger partial charge < -0.3 is 5.32 Å². The summed E-state index contributed by atoms with van der Waals surface area (Å²) in [5.41, 5.74) is 7.74. The van der Waals surface area contributed by atoms with Crippen LogP contribution in [0.25, 0.3) is 0 Å². The van der Waals surface area contributed by atoms with Crippen LogP contribution in [0.5, 0.6) is 0 Å². The van der Waals surface area contributed by atoms with Crippen molar-refractivity contribution in [1.29, 1.82) is 0 Å². The number of aryl methyl sites for hydroxylation is 4. The monoisotopic (exact) mass is 281 g/mol. The second-order valence-electron chi connectivity index (χ2n) is 6.03. The van der Waals surface area contributed by atoms with Crippen molar-refractivity contribution in [2.24, 2.45) is 0 Å². The summed E-state index contributed by atoms with van der Waals surface area (Å²) in [6, 6.07) is 9.43. The molecule has 1 N–H and O–H groups in total. The van der Waals surface area contributed by atoms with Crippen LogP contribution in [0.1, 0.15) is 46.1 Å². The van der Waals surface area contributed by atoms with Gasteiger partial charge >= 0.3 is 0 Å². The Labute approximate surface area is 126 Å². The summed E-state index contributed by atoms with van der Waals surface area (Å²) in [6.07, 6.45) is 4.79. The number of rotatable bonds is 4. The first-order chi connectivity index (χ1) is 10.2. The fourth-order valence-corrected chi connectivity index (χ4v) is 3.28. The highest BCUT2D eigenvalue weighted by Crippen LogP contribution is 2.26. The summed E-state index contributed by atoms with van der Waals surface area (Å²) < 4.78 is 0. The molecule has 1 atom stereocenters. The van der Waals surface area contributed by atoms with E-state index in [0.717, 1.165) is 17.8 Å². The van der Waals surface area contributed by atoms with Crippen molar-refractivity contribution in [1.82, 2.24) is 15.5 Å². The Morgan fingerprint density at radius 3 is 2.71 bits per heavy atom. The maximum atomic E-state index is 4.26. The Balaban J connectivity index is 1.86. The van der Waals surface area contributed by atoms with Crippen molar-refractivity contribution < 1.29 is 0 Å². The van der Waals surface area contributed by atoms with Gasteiger partial charge in [-0.1, -0.05) is 18.2 Å². The van der Waals surface area contributed by atoms with E-state index in [9.17, 15) is 0 Å². The number of fused-ring (bicyclic) bond motifs is 1. The molecule has 3 rings (SSSR count). The SMILES string of the molecule is CNC(Cc1ccc2c(c1)CCC2)c1cc(C)nnc1C. The van der Waals surface area contributed by atoms with Crippen molar-refractivity contribution in [3.63, 3.8) is 0 Å². The molecule has 2 aromatic rings. The highest BCUT2D eigenvalue weighted by Gasteiger charge is 2.16. The van der Waals surface area contributed by atoms with Gasteiger partial charge in [0.15, 0.2) is 0 Å². The highest BCUT2D eigenvalue weighted by atomic mass is 15.1. The average molecular weight is 281 g/mol. The molecule has 0 saturated heterocycles. The third-order valence-electron chi connectivity index (χ3n) is 4.47. The topological polar surface area (TPSA) is 37.8 Å². The van der Waals surface area contributed by atoms with Crippen LogP contribution in [-0.4, -0.2) is 17.2 Å². The summed E-state index contributed by atoms with van der Waals surface area (Å²) in [6.45, 7) is 4.03. The van der Waals surface area contributed by atoms with E-state index in [0.29, 0.717) is 6.04 Å². The lowest BCUT2D eigenvalue weighted by atomic mass is 9.96. The van der Waals surface area contributed by atoms with Crippen LogP contribution in [0.3, 0.4) is 0 Å². The molecule has 1 aliphatic carbocycles. The molecule has 0 amide bonds. The second kappa shape index (κ2) is 5.94. The zero-order chi connectivity index (χ0) is 14.8. The van der Waals surface area contributed by atoms with Crippen LogP contribution >= 0.6 is 0 Å². The van der Waals surface area contributed by atoms with E-state index >= 15 is 0 Å². The molecule has 21 heavy (non-hydrogen) atoms. The van der Waals surface area contributed by atoms with E-state index in [1.165, 1.54) is 36.0 Å². The van der Waals surface area contributed by atoms with Gasteiger partial charge in [0.05, 0.1) is 11.4 Å². The second-order valence-corrected chi connectivity index (χ2v) is 6.03. The number of hydrogen-bond donors (Lipinski definition) is 1. The van der Waals surface area contributed by atoms with Crippen LogP contribution in [0, 0.1) is 13.8 Å². The van der Waals surface area contributed by atoms with Crippen LogP contribution in [0.2, 0.25) is 0 Å². The summed E-state index contributed by atoms with van der Waals surface area (Å²) in [7, 11) is 2.02. The number of aromatic nitrogens is 2. The summed E-state index contributed by atoms with van der Waals surface area (Å²) in [4.78, 5) is 0. The van der Waals surface area contributed by atoms with Crippen LogP contribution < -0.4 is 5.32 Å². The van der Waals surface area contributed by atoms with E-state index in [1.54, 1.807) is 5.56 Å². The van der Waals surface area contributed by atoms with Crippen molar-refractivity contribution in [2.45, 2.75) is 45.6 Å². The van der Waals surface area contributed by atoms with Crippen LogP contribution in [-0.2, 0) is 19.3 Å². The Morgan fingerprint density at radius 2 is 1.90 bits per heavy atom. The molecule has 0 aliphatic heterocycles. The van der Waals surface area contributed by atoms with Crippen molar-refractivity contribution in [2.75, 3.05) is 7.05 Å². The van der Waals surface area contributed by atoms with Gasteiger partial charge in [-0.25, -0.2) is 0 Å². The van der Waals surface area contributed by atoms with E-state index < -0.39 is 0 Å². The number of nitrogens with zero attached hydrogens (tertiary/aromatic N) is 2. The summed E-state index contributed by atoms with van der Waals surface area (Å²) >= 11 is 0. The quantitative estimate of drug-likeness (QED) is 0.936. The first-order valence-electron chi connectivity index (χ1n) is 7.76. The maximum Gasteiger partial charge on any atom is 0.0648 e. The molecule has 110 valence electrons. The molecule has 0 fully saturated rings. The van der Waals surface area contributed by atoms with Gasteiger partial charge in [-0.15, -0.1) is 0 Å². The lowest BCUT2D eigenvalue weighted by molar-refractivity contribution is 0.582. The van der Waals surface area contributed by atoms with Gasteiger partial charge in [-0.05, 0) is 74.9 Å². The molecule has 1 aromatic heterocycles. The number of hydrogen-bond acceptors (Lipinski definition) is 3. The van der Waals surface area contributed by atoms with Gasteiger partial charge in [0.25, 0.3) is 0 Å². The zero-order valence-corrected chi connectivity index (χ0v) is 13.1. The molecule has 0 spiro atoms. The highest BCUT2D eigenvalue weighted by molar-refractivity contribution is 5.36. The number of likely N-dealkylation sites (N-methyl/N-ethyl adjacent to an activating group) is 1. The molecule has 1 aliphatic rings. The van der Waals surface area contributed by atoms with Gasteiger partial charge in [0.1, 0.15) is 0 Å². The molecule has 0 saturated carbocycles. The van der Waals surface area contributed by atoms with E-state index in [-0.39, 0.29) is 0 Å². The van der Waals surface area contributed by atoms with Gasteiger partial charge in [-0.2, -0.15) is 10.2 Å². The summed E-state index contributed by atoms with van der Waals surface area (Å²) in [5, 5.41) is 11.8. The first kappa shape index (κ1) is 14.2. The average Bonchev–Trinajstić information content (AvgIpc) is 2.95. The van der Waals surface area contributed by atoms with Crippen LogP contribution in [0.15, 0.2) is 24.3 Å². The van der Waals surface area contributed by atoms with Crippen molar-refractivity contribution in [3.8, 4) is 0 Å². The lowest BCUT2D eigenvalue weighted by Crippen LogP contribution is -2.21. The minimum absolute atomic E-state index is 0.290. The Kier molecular flexibility index (Phi) is 4.02. The molecular weight excluding hydrogens is 258 g/mol. The molecule has 0 radical (unpaired) electrons. The van der Waals surface area contributed by atoms with Crippen molar-refractivity contribution in [3.05, 3.63) is 57.9 Å². The molecule has 1 heterocycles. The molecule has 1 aromatic carbocycles. The maximum absolute atomic E-state index is 4.26.